The zero-order valence-corrected chi connectivity index (χ0v) is 10.3. The lowest BCUT2D eigenvalue weighted by atomic mass is 10.0. The molecule has 0 saturated carbocycles. The van der Waals surface area contributed by atoms with Crippen LogP contribution in [-0.4, -0.2) is 41.1 Å². The van der Waals surface area contributed by atoms with Crippen molar-refractivity contribution in [2.45, 2.75) is 32.7 Å². The molecule has 0 aromatic carbocycles. The normalized spacial score (nSPS) is 24.2. The predicted molar refractivity (Wildman–Crippen MR) is 64.7 cm³/mol. The largest absolute Gasteiger partial charge is 0.481 e. The van der Waals surface area contributed by atoms with Crippen LogP contribution in [0.1, 0.15) is 26.7 Å². The minimum Gasteiger partial charge on any atom is -0.481 e. The Kier molecular flexibility index (Phi) is 5.00. The Morgan fingerprint density at radius 3 is 2.76 bits per heavy atom. The van der Waals surface area contributed by atoms with Crippen molar-refractivity contribution < 1.29 is 14.7 Å². The van der Waals surface area contributed by atoms with Crippen LogP contribution in [0.3, 0.4) is 0 Å². The SMILES string of the molecule is C/C=C/CCNC(=O)N1CCC(C(=O)O)C1C. The Hall–Kier alpha value is -1.52. The van der Waals surface area contributed by atoms with E-state index in [0.717, 1.165) is 6.42 Å². The number of carbonyl (C=O) groups excluding carboxylic acids is 1. The number of amides is 2. The first-order chi connectivity index (χ1) is 8.07. The number of carboxylic acid groups (broad SMARTS) is 1. The van der Waals surface area contributed by atoms with Gasteiger partial charge < -0.3 is 15.3 Å². The zero-order chi connectivity index (χ0) is 12.8. The number of rotatable bonds is 4. The van der Waals surface area contributed by atoms with E-state index in [9.17, 15) is 9.59 Å². The lowest BCUT2D eigenvalue weighted by Crippen LogP contribution is -2.44. The topological polar surface area (TPSA) is 69.6 Å². The van der Waals surface area contributed by atoms with Crippen LogP contribution in [0.5, 0.6) is 0 Å². The van der Waals surface area contributed by atoms with Gasteiger partial charge in [0.15, 0.2) is 0 Å². The van der Waals surface area contributed by atoms with Gasteiger partial charge in [-0.2, -0.15) is 0 Å². The number of aliphatic carboxylic acids is 1. The second-order valence-electron chi connectivity index (χ2n) is 4.26. The predicted octanol–water partition coefficient (Wildman–Crippen LogP) is 1.46. The van der Waals surface area contributed by atoms with E-state index in [-0.39, 0.29) is 12.1 Å². The van der Waals surface area contributed by atoms with E-state index in [2.05, 4.69) is 5.32 Å². The summed E-state index contributed by atoms with van der Waals surface area (Å²) in [5.41, 5.74) is 0. The summed E-state index contributed by atoms with van der Waals surface area (Å²) < 4.78 is 0. The highest BCUT2D eigenvalue weighted by Gasteiger charge is 2.37. The average Bonchev–Trinajstić information content (AvgIpc) is 2.66. The molecule has 2 amide bonds. The molecular weight excluding hydrogens is 220 g/mol. The maximum absolute atomic E-state index is 11.8. The maximum atomic E-state index is 11.8. The van der Waals surface area contributed by atoms with Gasteiger partial charge in [0.25, 0.3) is 0 Å². The molecule has 1 heterocycles. The van der Waals surface area contributed by atoms with Gasteiger partial charge in [-0.25, -0.2) is 4.79 Å². The Balaban J connectivity index is 2.40. The fourth-order valence-electron chi connectivity index (χ4n) is 2.09. The third-order valence-corrected chi connectivity index (χ3v) is 3.16. The molecule has 2 atom stereocenters. The Bertz CT molecular complexity index is 315. The molecule has 0 aromatic heterocycles. The molecular formula is C12H20N2O3. The van der Waals surface area contributed by atoms with E-state index in [4.69, 9.17) is 5.11 Å². The van der Waals surface area contributed by atoms with Crippen LogP contribution in [0, 0.1) is 5.92 Å². The van der Waals surface area contributed by atoms with E-state index < -0.39 is 11.9 Å². The maximum Gasteiger partial charge on any atom is 0.317 e. The second-order valence-corrected chi connectivity index (χ2v) is 4.26. The van der Waals surface area contributed by atoms with E-state index in [1.165, 1.54) is 0 Å². The summed E-state index contributed by atoms with van der Waals surface area (Å²) in [4.78, 5) is 24.3. The summed E-state index contributed by atoms with van der Waals surface area (Å²) in [6.07, 6.45) is 5.25. The number of urea groups is 1. The minimum absolute atomic E-state index is 0.161. The molecule has 0 radical (unpaired) electrons. The Morgan fingerprint density at radius 1 is 1.53 bits per heavy atom. The molecule has 1 saturated heterocycles. The number of carbonyl (C=O) groups is 2. The summed E-state index contributed by atoms with van der Waals surface area (Å²) >= 11 is 0. The molecule has 1 aliphatic heterocycles. The minimum atomic E-state index is -0.818. The molecule has 96 valence electrons. The zero-order valence-electron chi connectivity index (χ0n) is 10.3. The fraction of sp³-hybridized carbons (Fsp3) is 0.667. The molecule has 2 N–H and O–H groups in total. The van der Waals surface area contributed by atoms with Crippen molar-refractivity contribution in [3.05, 3.63) is 12.2 Å². The third-order valence-electron chi connectivity index (χ3n) is 3.16. The lowest BCUT2D eigenvalue weighted by Gasteiger charge is -2.23. The molecule has 0 bridgehead atoms. The molecule has 5 heteroatoms. The third kappa shape index (κ3) is 3.47. The number of nitrogens with zero attached hydrogens (tertiary/aromatic N) is 1. The van der Waals surface area contributed by atoms with Gasteiger partial charge in [0, 0.05) is 19.1 Å². The first-order valence-electron chi connectivity index (χ1n) is 5.96. The van der Waals surface area contributed by atoms with Crippen LogP contribution < -0.4 is 5.32 Å². The van der Waals surface area contributed by atoms with Gasteiger partial charge in [-0.3, -0.25) is 4.79 Å². The summed E-state index contributed by atoms with van der Waals surface area (Å²) in [5, 5.41) is 11.8. The number of carboxylic acids is 1. The quantitative estimate of drug-likeness (QED) is 0.577. The number of nitrogens with one attached hydrogen (secondary N) is 1. The first kappa shape index (κ1) is 13.5. The van der Waals surface area contributed by atoms with Crippen molar-refractivity contribution >= 4 is 12.0 Å². The monoisotopic (exact) mass is 240 g/mol. The van der Waals surface area contributed by atoms with Crippen molar-refractivity contribution in [3.8, 4) is 0 Å². The highest BCUT2D eigenvalue weighted by atomic mass is 16.4. The Labute approximate surface area is 101 Å². The van der Waals surface area contributed by atoms with Gasteiger partial charge >= 0.3 is 12.0 Å². The van der Waals surface area contributed by atoms with Crippen LogP contribution in [0.25, 0.3) is 0 Å². The van der Waals surface area contributed by atoms with Gasteiger partial charge in [0.1, 0.15) is 0 Å². The van der Waals surface area contributed by atoms with Crippen LogP contribution in [-0.2, 0) is 4.79 Å². The molecule has 1 fully saturated rings. The summed E-state index contributed by atoms with van der Waals surface area (Å²) in [5.74, 6) is -1.25. The molecule has 0 aromatic rings. The highest BCUT2D eigenvalue weighted by molar-refractivity contribution is 5.78. The number of allylic oxidation sites excluding steroid dienone is 1. The lowest BCUT2D eigenvalue weighted by molar-refractivity contribution is -0.142. The smallest absolute Gasteiger partial charge is 0.317 e. The van der Waals surface area contributed by atoms with E-state index in [1.807, 2.05) is 19.1 Å². The molecule has 2 unspecified atom stereocenters. The van der Waals surface area contributed by atoms with Crippen molar-refractivity contribution in [3.63, 3.8) is 0 Å². The second kappa shape index (κ2) is 6.27. The fourth-order valence-corrected chi connectivity index (χ4v) is 2.09. The highest BCUT2D eigenvalue weighted by Crippen LogP contribution is 2.24. The van der Waals surface area contributed by atoms with Crippen molar-refractivity contribution in [1.29, 1.82) is 0 Å². The summed E-state index contributed by atoms with van der Waals surface area (Å²) in [6, 6.07) is -0.389. The van der Waals surface area contributed by atoms with Gasteiger partial charge in [-0.15, -0.1) is 0 Å². The summed E-state index contributed by atoms with van der Waals surface area (Å²) in [7, 11) is 0. The standard InChI is InChI=1S/C12H20N2O3/c1-3-4-5-7-13-12(17)14-8-6-10(9(14)2)11(15)16/h3-4,9-10H,5-8H2,1-2H3,(H,13,17)(H,15,16)/b4-3+. The van der Waals surface area contributed by atoms with E-state index in [0.29, 0.717) is 19.5 Å². The molecule has 17 heavy (non-hydrogen) atoms. The average molecular weight is 240 g/mol. The van der Waals surface area contributed by atoms with E-state index in [1.54, 1.807) is 11.8 Å². The van der Waals surface area contributed by atoms with Crippen LogP contribution >= 0.6 is 0 Å². The summed E-state index contributed by atoms with van der Waals surface area (Å²) in [6.45, 7) is 4.83. The van der Waals surface area contributed by atoms with Crippen molar-refractivity contribution in [2.75, 3.05) is 13.1 Å². The van der Waals surface area contributed by atoms with Crippen LogP contribution in [0.15, 0.2) is 12.2 Å². The number of likely N-dealkylation sites (tertiary alicyclic amines) is 1. The van der Waals surface area contributed by atoms with Gasteiger partial charge in [0.05, 0.1) is 5.92 Å². The number of hydrogen-bond acceptors (Lipinski definition) is 2. The van der Waals surface area contributed by atoms with Gasteiger partial charge in [-0.05, 0) is 26.7 Å². The molecule has 1 aliphatic rings. The van der Waals surface area contributed by atoms with Crippen LogP contribution in [0.4, 0.5) is 4.79 Å². The van der Waals surface area contributed by atoms with Crippen molar-refractivity contribution in [2.24, 2.45) is 5.92 Å². The number of hydrogen-bond donors (Lipinski definition) is 2. The van der Waals surface area contributed by atoms with Crippen molar-refractivity contribution in [1.82, 2.24) is 10.2 Å². The molecule has 5 nitrogen and oxygen atoms in total. The van der Waals surface area contributed by atoms with Gasteiger partial charge in [-0.1, -0.05) is 12.2 Å². The molecule has 0 spiro atoms. The van der Waals surface area contributed by atoms with Gasteiger partial charge in [0.2, 0.25) is 0 Å². The molecule has 0 aliphatic carbocycles. The van der Waals surface area contributed by atoms with E-state index >= 15 is 0 Å². The van der Waals surface area contributed by atoms with Crippen LogP contribution in [0.2, 0.25) is 0 Å². The first-order valence-corrected chi connectivity index (χ1v) is 5.96. The molecule has 1 rings (SSSR count). The Morgan fingerprint density at radius 2 is 2.24 bits per heavy atom.